The van der Waals surface area contributed by atoms with Crippen LogP contribution >= 0.6 is 0 Å². The van der Waals surface area contributed by atoms with Crippen LogP contribution in [-0.2, 0) is 6.42 Å². The smallest absolute Gasteiger partial charge is 0.293 e. The van der Waals surface area contributed by atoms with Crippen molar-refractivity contribution in [2.45, 2.75) is 52.5 Å². The van der Waals surface area contributed by atoms with Gasteiger partial charge in [-0.15, -0.1) is 0 Å². The Balaban J connectivity index is 1.75. The third kappa shape index (κ3) is 2.94. The minimum atomic E-state index is -0.176. The van der Waals surface area contributed by atoms with Crippen LogP contribution in [0, 0.1) is 13.8 Å². The number of hydrogen-bond acceptors (Lipinski definition) is 5. The maximum absolute atomic E-state index is 12.9. The molecule has 1 aliphatic rings. The molecule has 27 heavy (non-hydrogen) atoms. The van der Waals surface area contributed by atoms with Gasteiger partial charge in [0.15, 0.2) is 5.65 Å². The summed E-state index contributed by atoms with van der Waals surface area (Å²) in [5, 5.41) is 7.00. The first-order valence-electron chi connectivity index (χ1n) is 9.35. The molecule has 0 aliphatic carbocycles. The normalized spacial score (nSPS) is 17.6. The lowest BCUT2D eigenvalue weighted by Crippen LogP contribution is -2.38. The van der Waals surface area contributed by atoms with Gasteiger partial charge in [0.1, 0.15) is 0 Å². The maximum Gasteiger partial charge on any atom is 0.293 e. The summed E-state index contributed by atoms with van der Waals surface area (Å²) in [4.78, 5) is 32.0. The van der Waals surface area contributed by atoms with E-state index >= 15 is 0 Å². The van der Waals surface area contributed by atoms with Crippen LogP contribution in [0.1, 0.15) is 65.4 Å². The summed E-state index contributed by atoms with van der Waals surface area (Å²) >= 11 is 0. The molecule has 1 aliphatic heterocycles. The van der Waals surface area contributed by atoms with Gasteiger partial charge in [-0.05, 0) is 39.5 Å². The monoisotopic (exact) mass is 369 g/mol. The summed E-state index contributed by atoms with van der Waals surface area (Å²) in [6.45, 7) is 6.23. The summed E-state index contributed by atoms with van der Waals surface area (Å²) in [5.41, 5.74) is 3.45. The van der Waals surface area contributed by atoms with Crippen molar-refractivity contribution in [3.8, 4) is 0 Å². The highest BCUT2D eigenvalue weighted by Crippen LogP contribution is 2.31. The highest BCUT2D eigenvalue weighted by Gasteiger charge is 2.32. The van der Waals surface area contributed by atoms with E-state index in [0.717, 1.165) is 30.7 Å². The van der Waals surface area contributed by atoms with Crippen molar-refractivity contribution in [2.75, 3.05) is 6.54 Å². The molecule has 142 valence electrons. The van der Waals surface area contributed by atoms with Crippen LogP contribution in [0.15, 0.2) is 21.5 Å². The number of piperidine rings is 1. The minimum absolute atomic E-state index is 0.0780. The first-order chi connectivity index (χ1) is 13.0. The Labute approximate surface area is 156 Å². The molecule has 1 fully saturated rings. The molecule has 4 heterocycles. The zero-order valence-electron chi connectivity index (χ0n) is 15.8. The number of H-pyrrole nitrogens is 1. The summed E-state index contributed by atoms with van der Waals surface area (Å²) < 4.78 is 6.65. The Bertz CT molecular complexity index is 1060. The number of carbonyl (C=O) groups excluding carboxylic acids is 1. The van der Waals surface area contributed by atoms with Gasteiger partial charge in [-0.2, -0.15) is 0 Å². The van der Waals surface area contributed by atoms with E-state index < -0.39 is 0 Å². The molecule has 0 spiro atoms. The first kappa shape index (κ1) is 17.5. The van der Waals surface area contributed by atoms with Crippen molar-refractivity contribution < 1.29 is 9.32 Å². The van der Waals surface area contributed by atoms with Gasteiger partial charge in [-0.1, -0.05) is 12.1 Å². The van der Waals surface area contributed by atoms with Gasteiger partial charge < -0.3 is 9.42 Å². The lowest BCUT2D eigenvalue weighted by Gasteiger charge is -2.34. The molecular formula is C19H23N5O3. The average molecular weight is 369 g/mol. The zero-order valence-corrected chi connectivity index (χ0v) is 15.8. The number of nitrogens with zero attached hydrogens (tertiary/aromatic N) is 4. The fourth-order valence-electron chi connectivity index (χ4n) is 3.87. The number of rotatable bonds is 3. The molecule has 1 unspecified atom stereocenters. The number of amides is 1. The van der Waals surface area contributed by atoms with Gasteiger partial charge in [0.2, 0.25) is 5.76 Å². The number of likely N-dealkylation sites (tertiary alicyclic amines) is 1. The molecular weight excluding hydrogens is 346 g/mol. The zero-order chi connectivity index (χ0) is 19.1. The van der Waals surface area contributed by atoms with E-state index in [9.17, 15) is 9.59 Å². The van der Waals surface area contributed by atoms with Crippen molar-refractivity contribution >= 4 is 11.6 Å². The molecule has 4 rings (SSSR count). The lowest BCUT2D eigenvalue weighted by molar-refractivity contribution is 0.0563. The number of aryl methyl sites for hydroxylation is 2. The standard InChI is InChI=1S/C19H23N5O3/c1-4-13-12(3)20-17-10-14(21-24(17)18(13)25)15-7-5-6-8-23(15)19(26)16-9-11(2)22-27-16/h9-10,15,21H,4-8H2,1-3H3. The first-order valence-corrected chi connectivity index (χ1v) is 9.35. The fraction of sp³-hybridized carbons (Fsp3) is 0.474. The van der Waals surface area contributed by atoms with E-state index in [2.05, 4.69) is 15.2 Å². The Morgan fingerprint density at radius 1 is 1.33 bits per heavy atom. The number of aromatic nitrogens is 4. The van der Waals surface area contributed by atoms with Crippen molar-refractivity contribution in [3.63, 3.8) is 0 Å². The predicted molar refractivity (Wildman–Crippen MR) is 98.8 cm³/mol. The van der Waals surface area contributed by atoms with E-state index in [1.165, 1.54) is 4.52 Å². The second-order valence-electron chi connectivity index (χ2n) is 7.08. The molecule has 0 saturated carbocycles. The number of aromatic amines is 1. The van der Waals surface area contributed by atoms with E-state index in [-0.39, 0.29) is 23.3 Å². The Kier molecular flexibility index (Phi) is 4.33. The summed E-state index contributed by atoms with van der Waals surface area (Å²) in [6, 6.07) is 3.38. The van der Waals surface area contributed by atoms with Gasteiger partial charge in [0.25, 0.3) is 11.5 Å². The van der Waals surface area contributed by atoms with Crippen molar-refractivity contribution in [3.05, 3.63) is 50.9 Å². The molecule has 8 nitrogen and oxygen atoms in total. The molecule has 0 radical (unpaired) electrons. The molecule has 1 N–H and O–H groups in total. The van der Waals surface area contributed by atoms with E-state index in [4.69, 9.17) is 4.52 Å². The largest absolute Gasteiger partial charge is 0.351 e. The van der Waals surface area contributed by atoms with Crippen LogP contribution in [0.2, 0.25) is 0 Å². The van der Waals surface area contributed by atoms with Gasteiger partial charge in [-0.3, -0.25) is 14.7 Å². The van der Waals surface area contributed by atoms with Crippen LogP contribution < -0.4 is 5.56 Å². The number of hydrogen-bond donors (Lipinski definition) is 1. The van der Waals surface area contributed by atoms with Crippen molar-refractivity contribution in [1.29, 1.82) is 0 Å². The molecule has 1 saturated heterocycles. The molecule has 3 aromatic heterocycles. The van der Waals surface area contributed by atoms with Gasteiger partial charge >= 0.3 is 0 Å². The second kappa shape index (κ2) is 6.68. The summed E-state index contributed by atoms with van der Waals surface area (Å²) in [7, 11) is 0. The van der Waals surface area contributed by atoms with E-state index in [0.29, 0.717) is 29.9 Å². The summed E-state index contributed by atoms with van der Waals surface area (Å²) in [6.07, 6.45) is 3.40. The SMILES string of the molecule is CCc1c(C)nc2cc(C3CCCCN3C(=O)c3cc(C)no3)[nH]n2c1=O. The number of fused-ring (bicyclic) bond motifs is 1. The van der Waals surface area contributed by atoms with Crippen LogP contribution in [0.4, 0.5) is 0 Å². The molecule has 8 heteroatoms. The average Bonchev–Trinajstić information content (AvgIpc) is 3.28. The highest BCUT2D eigenvalue weighted by atomic mass is 16.5. The van der Waals surface area contributed by atoms with Gasteiger partial charge in [-0.25, -0.2) is 9.50 Å². The third-order valence-corrected chi connectivity index (χ3v) is 5.25. The maximum atomic E-state index is 12.9. The Morgan fingerprint density at radius 2 is 2.15 bits per heavy atom. The Morgan fingerprint density at radius 3 is 2.85 bits per heavy atom. The lowest BCUT2D eigenvalue weighted by atomic mass is 9.99. The quantitative estimate of drug-likeness (QED) is 0.765. The number of nitrogens with one attached hydrogen (secondary N) is 1. The number of carbonyl (C=O) groups is 1. The second-order valence-corrected chi connectivity index (χ2v) is 7.08. The molecule has 1 atom stereocenters. The summed E-state index contributed by atoms with van der Waals surface area (Å²) in [5.74, 6) is 0.0691. The van der Waals surface area contributed by atoms with Crippen LogP contribution in [0.25, 0.3) is 5.65 Å². The molecule has 0 bridgehead atoms. The van der Waals surface area contributed by atoms with Gasteiger partial charge in [0, 0.05) is 29.9 Å². The third-order valence-electron chi connectivity index (χ3n) is 5.25. The van der Waals surface area contributed by atoms with Crippen molar-refractivity contribution in [2.24, 2.45) is 0 Å². The highest BCUT2D eigenvalue weighted by molar-refractivity contribution is 5.91. The van der Waals surface area contributed by atoms with Crippen molar-refractivity contribution in [1.82, 2.24) is 24.7 Å². The molecule has 1 amide bonds. The van der Waals surface area contributed by atoms with Crippen LogP contribution in [0.5, 0.6) is 0 Å². The van der Waals surface area contributed by atoms with Crippen LogP contribution in [0.3, 0.4) is 0 Å². The minimum Gasteiger partial charge on any atom is -0.351 e. The Hall–Kier alpha value is -2.90. The van der Waals surface area contributed by atoms with E-state index in [1.807, 2.05) is 19.9 Å². The van der Waals surface area contributed by atoms with Gasteiger partial charge in [0.05, 0.1) is 17.4 Å². The molecule has 3 aromatic rings. The topological polar surface area (TPSA) is 96.5 Å². The fourth-order valence-corrected chi connectivity index (χ4v) is 3.87. The van der Waals surface area contributed by atoms with Crippen LogP contribution in [-0.4, -0.2) is 37.1 Å². The van der Waals surface area contributed by atoms with E-state index in [1.54, 1.807) is 17.9 Å². The predicted octanol–water partition coefficient (Wildman–Crippen LogP) is 2.56. The molecule has 0 aromatic carbocycles.